The second-order valence-electron chi connectivity index (χ2n) is 8.04. The Hall–Kier alpha value is -4.47. The summed E-state index contributed by atoms with van der Waals surface area (Å²) in [6.45, 7) is 2.73. The molecule has 0 saturated heterocycles. The number of fused-ring (bicyclic) bond motifs is 1. The Morgan fingerprint density at radius 3 is 2.51 bits per heavy atom. The first-order chi connectivity index (χ1) is 18.0. The summed E-state index contributed by atoms with van der Waals surface area (Å²) >= 11 is 6.54. The van der Waals surface area contributed by atoms with Crippen molar-refractivity contribution in [1.82, 2.24) is 0 Å². The van der Waals surface area contributed by atoms with E-state index in [9.17, 15) is 10.1 Å². The summed E-state index contributed by atoms with van der Waals surface area (Å²) in [6.07, 6.45) is 1.45. The van der Waals surface area contributed by atoms with Crippen LogP contribution in [-0.4, -0.2) is 19.6 Å². The van der Waals surface area contributed by atoms with Gasteiger partial charge in [-0.3, -0.25) is 4.79 Å². The summed E-state index contributed by atoms with van der Waals surface area (Å²) in [7, 11) is 1.51. The molecule has 4 rings (SSSR count). The van der Waals surface area contributed by atoms with Gasteiger partial charge in [-0.15, -0.1) is 0 Å². The van der Waals surface area contributed by atoms with Crippen molar-refractivity contribution >= 4 is 40.0 Å². The molecule has 4 aromatic carbocycles. The van der Waals surface area contributed by atoms with Crippen LogP contribution < -0.4 is 19.5 Å². The minimum Gasteiger partial charge on any atom is -0.494 e. The van der Waals surface area contributed by atoms with Gasteiger partial charge in [0.05, 0.1) is 18.7 Å². The van der Waals surface area contributed by atoms with Gasteiger partial charge in [-0.25, -0.2) is 0 Å². The highest BCUT2D eigenvalue weighted by molar-refractivity contribution is 6.32. The lowest BCUT2D eigenvalue weighted by Gasteiger charge is -2.14. The predicted octanol–water partition coefficient (Wildman–Crippen LogP) is 7.03. The van der Waals surface area contributed by atoms with Crippen molar-refractivity contribution in [2.75, 3.05) is 19.0 Å². The molecular weight excluding hydrogens is 488 g/mol. The summed E-state index contributed by atoms with van der Waals surface area (Å²) in [4.78, 5) is 12.7. The van der Waals surface area contributed by atoms with E-state index in [0.29, 0.717) is 46.7 Å². The van der Waals surface area contributed by atoms with Crippen LogP contribution in [0.4, 0.5) is 5.69 Å². The summed E-state index contributed by atoms with van der Waals surface area (Å²) in [5.74, 6) is 0.925. The van der Waals surface area contributed by atoms with Crippen molar-refractivity contribution in [3.63, 3.8) is 0 Å². The lowest BCUT2D eigenvalue weighted by molar-refractivity contribution is -0.112. The molecule has 0 saturated carbocycles. The van der Waals surface area contributed by atoms with Gasteiger partial charge in [0.2, 0.25) is 0 Å². The van der Waals surface area contributed by atoms with Crippen LogP contribution in [0.1, 0.15) is 18.1 Å². The maximum atomic E-state index is 12.7. The number of halogens is 1. The van der Waals surface area contributed by atoms with Gasteiger partial charge >= 0.3 is 0 Å². The first-order valence-electron chi connectivity index (χ1n) is 11.7. The van der Waals surface area contributed by atoms with Crippen LogP contribution in [0.3, 0.4) is 0 Å². The van der Waals surface area contributed by atoms with E-state index in [1.807, 2.05) is 55.5 Å². The van der Waals surface area contributed by atoms with Gasteiger partial charge < -0.3 is 19.5 Å². The molecule has 0 bridgehead atoms. The molecule has 37 heavy (non-hydrogen) atoms. The Morgan fingerprint density at radius 2 is 1.78 bits per heavy atom. The summed E-state index contributed by atoms with van der Waals surface area (Å²) < 4.78 is 17.0. The van der Waals surface area contributed by atoms with E-state index < -0.39 is 5.91 Å². The molecule has 7 heteroatoms. The van der Waals surface area contributed by atoms with E-state index in [4.69, 9.17) is 25.8 Å². The Labute approximate surface area is 220 Å². The van der Waals surface area contributed by atoms with E-state index in [0.717, 1.165) is 16.3 Å². The van der Waals surface area contributed by atoms with Gasteiger partial charge in [-0.1, -0.05) is 54.1 Å². The van der Waals surface area contributed by atoms with Crippen molar-refractivity contribution in [3.05, 3.63) is 101 Å². The third kappa shape index (κ3) is 6.21. The third-order valence-electron chi connectivity index (χ3n) is 5.60. The fraction of sp³-hybridized carbons (Fsp3) is 0.133. The largest absolute Gasteiger partial charge is 0.494 e. The van der Waals surface area contributed by atoms with E-state index in [1.54, 1.807) is 36.4 Å². The molecule has 186 valence electrons. The highest BCUT2D eigenvalue weighted by atomic mass is 35.5. The zero-order valence-electron chi connectivity index (χ0n) is 20.5. The number of hydrogen-bond donors (Lipinski definition) is 1. The number of hydrogen-bond acceptors (Lipinski definition) is 5. The van der Waals surface area contributed by atoms with E-state index >= 15 is 0 Å². The van der Waals surface area contributed by atoms with Crippen LogP contribution in [-0.2, 0) is 11.4 Å². The number of amides is 1. The first-order valence-corrected chi connectivity index (χ1v) is 12.0. The molecule has 0 aliphatic rings. The van der Waals surface area contributed by atoms with Gasteiger partial charge in [-0.05, 0) is 71.3 Å². The number of methoxy groups -OCH3 is 1. The average molecular weight is 513 g/mol. The number of ether oxygens (including phenoxy) is 3. The van der Waals surface area contributed by atoms with E-state index in [2.05, 4.69) is 5.32 Å². The quantitative estimate of drug-likeness (QED) is 0.192. The maximum absolute atomic E-state index is 12.7. The minimum atomic E-state index is -0.543. The molecule has 1 amide bonds. The molecule has 0 fully saturated rings. The molecule has 4 aromatic rings. The third-order valence-corrected chi connectivity index (χ3v) is 5.88. The van der Waals surface area contributed by atoms with Gasteiger partial charge in [-0.2, -0.15) is 5.26 Å². The number of nitrogens with one attached hydrogen (secondary N) is 1. The molecule has 0 unspecified atom stereocenters. The minimum absolute atomic E-state index is 0.0866. The van der Waals surface area contributed by atoms with Crippen molar-refractivity contribution in [2.24, 2.45) is 0 Å². The molecule has 0 radical (unpaired) electrons. The molecule has 1 N–H and O–H groups in total. The average Bonchev–Trinajstić information content (AvgIpc) is 2.92. The molecule has 0 aliphatic carbocycles. The smallest absolute Gasteiger partial charge is 0.266 e. The first kappa shape index (κ1) is 25.6. The molecule has 0 aromatic heterocycles. The van der Waals surface area contributed by atoms with Crippen molar-refractivity contribution in [1.29, 1.82) is 5.26 Å². The lowest BCUT2D eigenvalue weighted by Crippen LogP contribution is -2.13. The van der Waals surface area contributed by atoms with Gasteiger partial charge in [0.25, 0.3) is 5.91 Å². The second kappa shape index (κ2) is 12.0. The van der Waals surface area contributed by atoms with Crippen molar-refractivity contribution < 1.29 is 19.0 Å². The van der Waals surface area contributed by atoms with Crippen molar-refractivity contribution in [2.45, 2.75) is 13.5 Å². The van der Waals surface area contributed by atoms with Crippen LogP contribution >= 0.6 is 11.6 Å². The van der Waals surface area contributed by atoms with Gasteiger partial charge in [0, 0.05) is 5.69 Å². The number of carbonyl (C=O) groups is 1. The monoisotopic (exact) mass is 512 g/mol. The highest BCUT2D eigenvalue weighted by Gasteiger charge is 2.15. The molecule has 0 heterocycles. The Morgan fingerprint density at radius 1 is 1.03 bits per heavy atom. The number of nitriles is 1. The predicted molar refractivity (Wildman–Crippen MR) is 146 cm³/mol. The number of carbonyl (C=O) groups excluding carboxylic acids is 1. The number of rotatable bonds is 9. The van der Waals surface area contributed by atoms with Gasteiger partial charge in [0.1, 0.15) is 24.0 Å². The standard InChI is InChI=1S/C30H25ClN2O4/c1-3-36-25-13-11-24(12-14-25)33-30(34)23(18-32)15-20-16-27(31)29(28(17-20)35-2)37-19-22-9-6-8-21-7-4-5-10-26(21)22/h4-17H,3,19H2,1-2H3,(H,33,34)/b23-15-. The van der Waals surface area contributed by atoms with Gasteiger partial charge in [0.15, 0.2) is 11.5 Å². The number of anilines is 1. The summed E-state index contributed by atoms with van der Waals surface area (Å²) in [5.41, 5.74) is 1.99. The topological polar surface area (TPSA) is 80.6 Å². The fourth-order valence-electron chi connectivity index (χ4n) is 3.85. The Bertz CT molecular complexity index is 1480. The van der Waals surface area contributed by atoms with Crippen LogP contribution in [0.2, 0.25) is 5.02 Å². The lowest BCUT2D eigenvalue weighted by atomic mass is 10.1. The fourth-order valence-corrected chi connectivity index (χ4v) is 4.12. The van der Waals surface area contributed by atoms with Crippen LogP contribution in [0, 0.1) is 11.3 Å². The van der Waals surface area contributed by atoms with E-state index in [-0.39, 0.29) is 5.57 Å². The second-order valence-corrected chi connectivity index (χ2v) is 8.45. The van der Waals surface area contributed by atoms with Crippen LogP contribution in [0.25, 0.3) is 16.8 Å². The molecule has 0 atom stereocenters. The van der Waals surface area contributed by atoms with Crippen LogP contribution in [0.5, 0.6) is 17.2 Å². The number of benzene rings is 4. The maximum Gasteiger partial charge on any atom is 0.266 e. The summed E-state index contributed by atoms with van der Waals surface area (Å²) in [6, 6.07) is 26.3. The summed E-state index contributed by atoms with van der Waals surface area (Å²) in [5, 5.41) is 14.8. The van der Waals surface area contributed by atoms with Crippen LogP contribution in [0.15, 0.2) is 84.4 Å². The molecule has 6 nitrogen and oxygen atoms in total. The molecule has 0 spiro atoms. The zero-order chi connectivity index (χ0) is 26.2. The van der Waals surface area contributed by atoms with Crippen molar-refractivity contribution in [3.8, 4) is 23.3 Å². The Balaban J connectivity index is 1.53. The normalized spacial score (nSPS) is 11.0. The Kier molecular flexibility index (Phi) is 8.29. The highest BCUT2D eigenvalue weighted by Crippen LogP contribution is 2.38. The SMILES string of the molecule is CCOc1ccc(NC(=O)/C(C#N)=C\c2cc(Cl)c(OCc3cccc4ccccc34)c(OC)c2)cc1. The molecule has 0 aliphatic heterocycles. The molecular formula is C30H25ClN2O4. The van der Waals surface area contributed by atoms with E-state index in [1.165, 1.54) is 13.2 Å². The number of nitrogens with zero attached hydrogens (tertiary/aromatic N) is 1. The zero-order valence-corrected chi connectivity index (χ0v) is 21.2.